The highest BCUT2D eigenvalue weighted by Crippen LogP contribution is 2.45. The van der Waals surface area contributed by atoms with Crippen molar-refractivity contribution in [2.75, 3.05) is 39.6 Å². The Balaban J connectivity index is 5.17. The molecule has 0 radical (unpaired) electrons. The second kappa shape index (κ2) is 63.5. The largest absolute Gasteiger partial charge is 0.472 e. The number of carbonyl (C=O) groups is 4. The maximum atomic E-state index is 13.0. The van der Waals surface area contributed by atoms with Crippen molar-refractivity contribution in [3.8, 4) is 0 Å². The summed E-state index contributed by atoms with van der Waals surface area (Å²) in [4.78, 5) is 72.3. The van der Waals surface area contributed by atoms with Crippen LogP contribution in [-0.2, 0) is 65.4 Å². The molecule has 0 aromatic carbocycles. The molecule has 0 saturated heterocycles. The van der Waals surface area contributed by atoms with Crippen LogP contribution >= 0.6 is 15.6 Å². The molecule has 0 bridgehead atoms. The van der Waals surface area contributed by atoms with E-state index in [1.165, 1.54) is 173 Å². The molecule has 3 N–H and O–H groups in total. The van der Waals surface area contributed by atoms with E-state index in [-0.39, 0.29) is 25.7 Å². The van der Waals surface area contributed by atoms with Gasteiger partial charge in [0.05, 0.1) is 26.4 Å². The van der Waals surface area contributed by atoms with Crippen LogP contribution in [-0.4, -0.2) is 96.7 Å². The maximum absolute atomic E-state index is 13.0. The van der Waals surface area contributed by atoms with Crippen molar-refractivity contribution in [1.82, 2.24) is 0 Å². The quantitative estimate of drug-likeness (QED) is 0.0222. The summed E-state index contributed by atoms with van der Waals surface area (Å²) in [6.07, 6.45) is 50.1. The second-order valence-corrected chi connectivity index (χ2v) is 28.7. The molecule has 0 heterocycles. The van der Waals surface area contributed by atoms with E-state index in [1.807, 2.05) is 0 Å². The third kappa shape index (κ3) is 64.6. The Kier molecular flexibility index (Phi) is 62.1. The maximum Gasteiger partial charge on any atom is 0.472 e. The molecule has 0 aliphatic carbocycles. The topological polar surface area (TPSA) is 237 Å². The summed E-state index contributed by atoms with van der Waals surface area (Å²) in [6, 6.07) is 0. The predicted octanol–water partition coefficient (Wildman–Crippen LogP) is 20.1. The molecule has 0 saturated carbocycles. The van der Waals surface area contributed by atoms with Crippen LogP contribution in [0.15, 0.2) is 0 Å². The number of aliphatic hydroxyl groups is 1. The number of hydrogen-bond donors (Lipinski definition) is 3. The monoisotopic (exact) mass is 1310 g/mol. The van der Waals surface area contributed by atoms with Crippen LogP contribution in [0.25, 0.3) is 0 Å². The third-order valence-electron chi connectivity index (χ3n) is 16.3. The van der Waals surface area contributed by atoms with Gasteiger partial charge in [-0.15, -0.1) is 0 Å². The first-order chi connectivity index (χ1) is 43.0. The van der Waals surface area contributed by atoms with Gasteiger partial charge in [0.2, 0.25) is 0 Å². The second-order valence-electron chi connectivity index (χ2n) is 25.7. The zero-order valence-electron chi connectivity index (χ0n) is 57.6. The van der Waals surface area contributed by atoms with E-state index in [1.54, 1.807) is 0 Å². The molecule has 0 aromatic heterocycles. The smallest absolute Gasteiger partial charge is 0.462 e. The Morgan fingerprint density at radius 2 is 0.517 bits per heavy atom. The predicted molar refractivity (Wildman–Crippen MR) is 358 cm³/mol. The van der Waals surface area contributed by atoms with Gasteiger partial charge in [-0.25, -0.2) is 9.13 Å². The van der Waals surface area contributed by atoms with Gasteiger partial charge in [-0.1, -0.05) is 311 Å². The molecular formula is C70H136O17P2. The first-order valence-corrected chi connectivity index (χ1v) is 39.6. The molecule has 19 heteroatoms. The summed E-state index contributed by atoms with van der Waals surface area (Å²) < 4.78 is 68.1. The van der Waals surface area contributed by atoms with Gasteiger partial charge in [-0.2, -0.15) is 0 Å². The number of rotatable bonds is 70. The highest BCUT2D eigenvalue weighted by Gasteiger charge is 2.30. The molecule has 0 aliphatic heterocycles. The average molecular weight is 1310 g/mol. The fraction of sp³-hybridized carbons (Fsp3) is 0.943. The van der Waals surface area contributed by atoms with Crippen LogP contribution < -0.4 is 0 Å². The highest BCUT2D eigenvalue weighted by molar-refractivity contribution is 7.47. The summed E-state index contributed by atoms with van der Waals surface area (Å²) in [7, 11) is -9.89. The number of unbranched alkanes of at least 4 members (excludes halogenated alkanes) is 42. The van der Waals surface area contributed by atoms with Gasteiger partial charge in [0.15, 0.2) is 12.2 Å². The van der Waals surface area contributed by atoms with Crippen LogP contribution in [0.3, 0.4) is 0 Å². The van der Waals surface area contributed by atoms with E-state index >= 15 is 0 Å². The minimum atomic E-state index is -4.95. The number of hydrogen-bond acceptors (Lipinski definition) is 15. The van der Waals surface area contributed by atoms with Crippen LogP contribution in [0.5, 0.6) is 0 Å². The van der Waals surface area contributed by atoms with Gasteiger partial charge in [0.25, 0.3) is 0 Å². The molecule has 0 rings (SSSR count). The van der Waals surface area contributed by atoms with Crippen LogP contribution in [0, 0.1) is 5.92 Å². The Bertz CT molecular complexity index is 1720. The average Bonchev–Trinajstić information content (AvgIpc) is 3.72. The molecule has 0 spiro atoms. The number of aliphatic hydroxyl groups excluding tert-OH is 1. The van der Waals surface area contributed by atoms with Gasteiger partial charge in [0, 0.05) is 25.7 Å². The van der Waals surface area contributed by atoms with E-state index in [2.05, 4.69) is 34.6 Å². The summed E-state index contributed by atoms with van der Waals surface area (Å²) in [5.41, 5.74) is 0. The molecule has 17 nitrogen and oxygen atoms in total. The lowest BCUT2D eigenvalue weighted by molar-refractivity contribution is -0.161. The molecule has 0 aliphatic rings. The van der Waals surface area contributed by atoms with Crippen molar-refractivity contribution >= 4 is 39.5 Å². The molecule has 2 unspecified atom stereocenters. The van der Waals surface area contributed by atoms with E-state index < -0.39 is 97.5 Å². The Morgan fingerprint density at radius 3 is 0.764 bits per heavy atom. The summed E-state index contributed by atoms with van der Waals surface area (Å²) >= 11 is 0. The van der Waals surface area contributed by atoms with Crippen molar-refractivity contribution in [3.63, 3.8) is 0 Å². The van der Waals surface area contributed by atoms with Gasteiger partial charge < -0.3 is 33.8 Å². The highest BCUT2D eigenvalue weighted by atomic mass is 31.2. The molecule has 0 fully saturated rings. The lowest BCUT2D eigenvalue weighted by atomic mass is 10.0. The number of phosphoric acid groups is 2. The first-order valence-electron chi connectivity index (χ1n) is 36.6. The van der Waals surface area contributed by atoms with Crippen molar-refractivity contribution in [2.24, 2.45) is 5.92 Å². The van der Waals surface area contributed by atoms with Crippen molar-refractivity contribution < 1.29 is 80.2 Å². The standard InChI is InChI=1S/C70H136O17P2/c1-6-9-12-15-18-21-22-23-24-25-26-27-28-33-36-41-46-51-56-70(75)87-66(60-81-68(73)54-49-44-40-35-32-30-29-31-34-37-42-47-52-63(4)5)62-85-89(78,79)83-58-64(71)57-82-88(76,77)84-61-65(86-69(74)55-50-45-39-20-17-14-11-8-3)59-80-67(72)53-48-43-38-19-16-13-10-7-2/h63-66,71H,6-62H2,1-5H3,(H,76,77)(H,78,79)/t64-,65+,66+/m0/s1. The van der Waals surface area contributed by atoms with Crippen LogP contribution in [0.1, 0.15) is 362 Å². The van der Waals surface area contributed by atoms with E-state index in [4.69, 9.17) is 37.0 Å². The van der Waals surface area contributed by atoms with Gasteiger partial charge in [0.1, 0.15) is 19.3 Å². The van der Waals surface area contributed by atoms with E-state index in [9.17, 15) is 43.2 Å². The number of esters is 4. The lowest BCUT2D eigenvalue weighted by Crippen LogP contribution is -2.30. The summed E-state index contributed by atoms with van der Waals surface area (Å²) in [5, 5.41) is 10.6. The zero-order valence-corrected chi connectivity index (χ0v) is 59.4. The van der Waals surface area contributed by atoms with E-state index in [0.29, 0.717) is 25.7 Å². The van der Waals surface area contributed by atoms with E-state index in [0.717, 1.165) is 109 Å². The normalized spacial score (nSPS) is 14.1. The number of ether oxygens (including phenoxy) is 4. The minimum Gasteiger partial charge on any atom is -0.462 e. The van der Waals surface area contributed by atoms with Crippen LogP contribution in [0.2, 0.25) is 0 Å². The Hall–Kier alpha value is -1.94. The number of carbonyl (C=O) groups excluding carboxylic acids is 4. The fourth-order valence-corrected chi connectivity index (χ4v) is 12.2. The van der Waals surface area contributed by atoms with Gasteiger partial charge in [-0.05, 0) is 31.6 Å². The fourth-order valence-electron chi connectivity index (χ4n) is 10.6. The van der Waals surface area contributed by atoms with Crippen molar-refractivity contribution in [3.05, 3.63) is 0 Å². The molecule has 528 valence electrons. The summed E-state index contributed by atoms with van der Waals surface area (Å²) in [6.45, 7) is 7.21. The van der Waals surface area contributed by atoms with Crippen molar-refractivity contribution in [1.29, 1.82) is 0 Å². The Morgan fingerprint density at radius 1 is 0.303 bits per heavy atom. The summed E-state index contributed by atoms with van der Waals surface area (Å²) in [5.74, 6) is -1.35. The SMILES string of the molecule is CCCCCCCCCCCCCCCCCCCCC(=O)O[C@H](COC(=O)CCCCCCCCCCCCCCC(C)C)COP(=O)(O)OC[C@@H](O)COP(=O)(O)OC[C@@H](COC(=O)CCCCCCCCCC)OC(=O)CCCCCCCCCC. The molecular weight excluding hydrogens is 1170 g/mol. The Labute approximate surface area is 543 Å². The van der Waals surface area contributed by atoms with Gasteiger partial charge >= 0.3 is 39.5 Å². The first kappa shape index (κ1) is 87.1. The molecule has 89 heavy (non-hydrogen) atoms. The molecule has 0 amide bonds. The lowest BCUT2D eigenvalue weighted by Gasteiger charge is -2.21. The third-order valence-corrected chi connectivity index (χ3v) is 18.2. The van der Waals surface area contributed by atoms with Gasteiger partial charge in [-0.3, -0.25) is 37.3 Å². The minimum absolute atomic E-state index is 0.105. The zero-order chi connectivity index (χ0) is 65.6. The number of phosphoric ester groups is 2. The molecule has 5 atom stereocenters. The molecule has 0 aromatic rings. The van der Waals surface area contributed by atoms with Crippen molar-refractivity contribution in [2.45, 2.75) is 380 Å². The van der Waals surface area contributed by atoms with Crippen LogP contribution in [0.4, 0.5) is 0 Å².